The normalized spacial score (nSPS) is 10.4. The Morgan fingerprint density at radius 2 is 1.65 bits per heavy atom. The lowest BCUT2D eigenvalue weighted by molar-refractivity contribution is 0.0735. The fourth-order valence-electron chi connectivity index (χ4n) is 2.01. The summed E-state index contributed by atoms with van der Waals surface area (Å²) in [5, 5.41) is 2.18. The molecule has 0 aliphatic heterocycles. The lowest BCUT2D eigenvalue weighted by atomic mass is 10.1. The highest BCUT2D eigenvalue weighted by Gasteiger charge is 2.09. The Morgan fingerprint density at radius 3 is 2.45 bits per heavy atom. The van der Waals surface area contributed by atoms with Gasteiger partial charge in [0.05, 0.1) is 5.56 Å². The molecule has 0 fully saturated rings. The number of rotatable bonds is 2. The SMILES string of the molecule is O=C(Oc1ccc2ccccc2c1)c1cccc(I)c1. The van der Waals surface area contributed by atoms with E-state index in [9.17, 15) is 4.79 Å². The van der Waals surface area contributed by atoms with Crippen molar-refractivity contribution in [1.82, 2.24) is 0 Å². The van der Waals surface area contributed by atoms with Gasteiger partial charge in [-0.2, -0.15) is 0 Å². The van der Waals surface area contributed by atoms with Crippen LogP contribution in [0.4, 0.5) is 0 Å². The van der Waals surface area contributed by atoms with Crippen LogP contribution in [0.25, 0.3) is 10.8 Å². The number of hydrogen-bond acceptors (Lipinski definition) is 2. The van der Waals surface area contributed by atoms with Crippen LogP contribution in [0.3, 0.4) is 0 Å². The Balaban J connectivity index is 1.87. The van der Waals surface area contributed by atoms with Crippen LogP contribution < -0.4 is 4.74 Å². The molecule has 0 unspecified atom stereocenters. The van der Waals surface area contributed by atoms with Crippen molar-refractivity contribution in [2.45, 2.75) is 0 Å². The first-order chi connectivity index (χ1) is 9.72. The molecule has 0 saturated heterocycles. The highest BCUT2D eigenvalue weighted by molar-refractivity contribution is 14.1. The van der Waals surface area contributed by atoms with Crippen molar-refractivity contribution in [3.63, 3.8) is 0 Å². The molecule has 0 spiro atoms. The zero-order chi connectivity index (χ0) is 13.9. The molecule has 2 nitrogen and oxygen atoms in total. The first kappa shape index (κ1) is 13.1. The van der Waals surface area contributed by atoms with E-state index < -0.39 is 0 Å². The molecule has 0 saturated carbocycles. The summed E-state index contributed by atoms with van der Waals surface area (Å²) in [7, 11) is 0. The summed E-state index contributed by atoms with van der Waals surface area (Å²) in [6.45, 7) is 0. The van der Waals surface area contributed by atoms with Crippen LogP contribution >= 0.6 is 22.6 Å². The summed E-state index contributed by atoms with van der Waals surface area (Å²) in [5.41, 5.74) is 0.560. The van der Waals surface area contributed by atoms with Crippen molar-refractivity contribution >= 4 is 39.3 Å². The molecular formula is C17H11IO2. The van der Waals surface area contributed by atoms with Crippen molar-refractivity contribution < 1.29 is 9.53 Å². The van der Waals surface area contributed by atoms with Gasteiger partial charge < -0.3 is 4.74 Å². The average molecular weight is 374 g/mol. The summed E-state index contributed by atoms with van der Waals surface area (Å²) < 4.78 is 6.43. The number of hydrogen-bond donors (Lipinski definition) is 0. The number of carbonyl (C=O) groups excluding carboxylic acids is 1. The lowest BCUT2D eigenvalue weighted by Crippen LogP contribution is -2.08. The number of esters is 1. The summed E-state index contributed by atoms with van der Waals surface area (Å²) >= 11 is 2.17. The maximum Gasteiger partial charge on any atom is 0.343 e. The van der Waals surface area contributed by atoms with E-state index in [-0.39, 0.29) is 5.97 Å². The minimum Gasteiger partial charge on any atom is -0.423 e. The molecule has 3 aromatic carbocycles. The molecule has 0 aromatic heterocycles. The molecule has 20 heavy (non-hydrogen) atoms. The van der Waals surface area contributed by atoms with E-state index in [0.717, 1.165) is 14.3 Å². The molecule has 3 aromatic rings. The predicted molar refractivity (Wildman–Crippen MR) is 88.1 cm³/mol. The number of benzene rings is 3. The first-order valence-corrected chi connectivity index (χ1v) is 7.27. The van der Waals surface area contributed by atoms with Crippen LogP contribution in [0.1, 0.15) is 10.4 Å². The number of fused-ring (bicyclic) bond motifs is 1. The summed E-state index contributed by atoms with van der Waals surface area (Å²) in [6.07, 6.45) is 0. The number of halogens is 1. The predicted octanol–water partition coefficient (Wildman–Crippen LogP) is 4.66. The smallest absolute Gasteiger partial charge is 0.343 e. The van der Waals surface area contributed by atoms with E-state index >= 15 is 0 Å². The van der Waals surface area contributed by atoms with Crippen LogP contribution in [0.5, 0.6) is 5.75 Å². The second-order valence-electron chi connectivity index (χ2n) is 4.41. The van der Waals surface area contributed by atoms with Gasteiger partial charge in [-0.15, -0.1) is 0 Å². The third-order valence-corrected chi connectivity index (χ3v) is 3.66. The standard InChI is InChI=1S/C17H11IO2/c18-15-7-3-6-14(10-15)17(19)20-16-9-8-12-4-1-2-5-13(12)11-16/h1-11H. The van der Waals surface area contributed by atoms with Crippen molar-refractivity contribution in [2.75, 3.05) is 0 Å². The summed E-state index contributed by atoms with van der Waals surface area (Å²) in [4.78, 5) is 12.1. The first-order valence-electron chi connectivity index (χ1n) is 6.19. The van der Waals surface area contributed by atoms with Gasteiger partial charge in [-0.25, -0.2) is 4.79 Å². The van der Waals surface area contributed by atoms with Crippen molar-refractivity contribution in [3.8, 4) is 5.75 Å². The molecule has 0 aliphatic carbocycles. The molecule has 0 atom stereocenters. The summed E-state index contributed by atoms with van der Waals surface area (Å²) in [6, 6.07) is 21.0. The van der Waals surface area contributed by atoms with Crippen molar-refractivity contribution in [3.05, 3.63) is 75.9 Å². The Labute approximate surface area is 130 Å². The zero-order valence-corrected chi connectivity index (χ0v) is 12.7. The lowest BCUT2D eigenvalue weighted by Gasteiger charge is -2.06. The van der Waals surface area contributed by atoms with Gasteiger partial charge in [-0.3, -0.25) is 0 Å². The monoisotopic (exact) mass is 374 g/mol. The highest BCUT2D eigenvalue weighted by atomic mass is 127. The fraction of sp³-hybridized carbons (Fsp3) is 0. The van der Waals surface area contributed by atoms with Gasteiger partial charge in [-0.05, 0) is 63.7 Å². The van der Waals surface area contributed by atoms with Crippen LogP contribution in [-0.4, -0.2) is 5.97 Å². The van der Waals surface area contributed by atoms with E-state index in [4.69, 9.17) is 4.74 Å². The maximum atomic E-state index is 12.1. The second kappa shape index (κ2) is 5.63. The van der Waals surface area contributed by atoms with Gasteiger partial charge in [0, 0.05) is 3.57 Å². The third kappa shape index (κ3) is 2.82. The number of ether oxygens (including phenoxy) is 1. The van der Waals surface area contributed by atoms with E-state index in [0.29, 0.717) is 11.3 Å². The molecular weight excluding hydrogens is 363 g/mol. The molecule has 0 radical (unpaired) electrons. The molecule has 0 amide bonds. The molecule has 3 rings (SSSR count). The largest absolute Gasteiger partial charge is 0.423 e. The van der Waals surface area contributed by atoms with E-state index in [2.05, 4.69) is 22.6 Å². The van der Waals surface area contributed by atoms with Crippen LogP contribution in [0.15, 0.2) is 66.7 Å². The summed E-state index contributed by atoms with van der Waals surface area (Å²) in [5.74, 6) is 0.228. The minimum absolute atomic E-state index is 0.334. The Morgan fingerprint density at radius 1 is 0.850 bits per heavy atom. The maximum absolute atomic E-state index is 12.1. The molecule has 0 aliphatic rings. The molecule has 98 valence electrons. The average Bonchev–Trinajstić information content (AvgIpc) is 2.47. The molecule has 0 heterocycles. The fourth-order valence-corrected chi connectivity index (χ4v) is 2.56. The third-order valence-electron chi connectivity index (χ3n) is 2.99. The van der Waals surface area contributed by atoms with Gasteiger partial charge in [-0.1, -0.05) is 36.4 Å². The molecule has 3 heteroatoms. The minimum atomic E-state index is -0.334. The van der Waals surface area contributed by atoms with E-state index in [1.165, 1.54) is 0 Å². The quantitative estimate of drug-likeness (QED) is 0.370. The Bertz CT molecular complexity index is 781. The van der Waals surface area contributed by atoms with Gasteiger partial charge in [0.1, 0.15) is 5.75 Å². The van der Waals surface area contributed by atoms with Gasteiger partial charge in [0.15, 0.2) is 0 Å². The number of carbonyl (C=O) groups is 1. The van der Waals surface area contributed by atoms with Gasteiger partial charge >= 0.3 is 5.97 Å². The van der Waals surface area contributed by atoms with Crippen LogP contribution in [0, 0.1) is 3.57 Å². The van der Waals surface area contributed by atoms with Crippen LogP contribution in [0.2, 0.25) is 0 Å². The van der Waals surface area contributed by atoms with Crippen LogP contribution in [-0.2, 0) is 0 Å². The molecule has 0 bridgehead atoms. The van der Waals surface area contributed by atoms with Gasteiger partial charge in [0.2, 0.25) is 0 Å². The molecule has 0 N–H and O–H groups in total. The van der Waals surface area contributed by atoms with E-state index in [1.807, 2.05) is 60.7 Å². The Kier molecular flexibility index (Phi) is 3.69. The van der Waals surface area contributed by atoms with E-state index in [1.54, 1.807) is 6.07 Å². The van der Waals surface area contributed by atoms with Crippen molar-refractivity contribution in [1.29, 1.82) is 0 Å². The highest BCUT2D eigenvalue weighted by Crippen LogP contribution is 2.21. The second-order valence-corrected chi connectivity index (χ2v) is 5.65. The van der Waals surface area contributed by atoms with Gasteiger partial charge in [0.25, 0.3) is 0 Å². The Hall–Kier alpha value is -1.88. The zero-order valence-electron chi connectivity index (χ0n) is 10.5. The topological polar surface area (TPSA) is 26.3 Å². The van der Waals surface area contributed by atoms with Crippen molar-refractivity contribution in [2.24, 2.45) is 0 Å².